The van der Waals surface area contributed by atoms with Gasteiger partial charge in [0.15, 0.2) is 0 Å². The minimum Gasteiger partial charge on any atom is -0.338 e. The van der Waals surface area contributed by atoms with Gasteiger partial charge in [-0.05, 0) is 59.2 Å². The topological polar surface area (TPSA) is 46.3 Å². The summed E-state index contributed by atoms with van der Waals surface area (Å²) in [5, 5.41) is 0. The lowest BCUT2D eigenvalue weighted by Crippen LogP contribution is -2.38. The third kappa shape index (κ3) is 2.40. The number of halogens is 1. The summed E-state index contributed by atoms with van der Waals surface area (Å²) >= 11 is 3.54. The average molecular weight is 337 g/mol. The van der Waals surface area contributed by atoms with Crippen LogP contribution in [-0.4, -0.2) is 29.9 Å². The molecule has 1 aromatic rings. The van der Waals surface area contributed by atoms with Crippen LogP contribution in [-0.2, 0) is 0 Å². The predicted octanol–water partition coefficient (Wildman–Crippen LogP) is 2.96. The first kappa shape index (κ1) is 14.1. The molecule has 0 spiro atoms. The van der Waals surface area contributed by atoms with Crippen molar-refractivity contribution in [2.75, 3.05) is 13.1 Å². The molecule has 3 nitrogen and oxygen atoms in total. The molecule has 2 N–H and O–H groups in total. The van der Waals surface area contributed by atoms with Crippen molar-refractivity contribution >= 4 is 21.8 Å². The second-order valence-corrected chi connectivity index (χ2v) is 6.96. The quantitative estimate of drug-likeness (QED) is 0.856. The van der Waals surface area contributed by atoms with E-state index in [1.165, 1.54) is 12.8 Å². The zero-order valence-electron chi connectivity index (χ0n) is 11.8. The van der Waals surface area contributed by atoms with E-state index in [9.17, 15) is 4.79 Å². The highest BCUT2D eigenvalue weighted by Gasteiger charge is 2.40. The number of fused-ring (bicyclic) bond motifs is 1. The average Bonchev–Trinajstić information content (AvgIpc) is 2.87. The third-order valence-electron chi connectivity index (χ3n) is 4.86. The Balaban J connectivity index is 1.80. The highest BCUT2D eigenvalue weighted by Crippen LogP contribution is 2.36. The third-order valence-corrected chi connectivity index (χ3v) is 5.92. The van der Waals surface area contributed by atoms with Gasteiger partial charge in [-0.25, -0.2) is 0 Å². The summed E-state index contributed by atoms with van der Waals surface area (Å²) in [6, 6.07) is 6.14. The Morgan fingerprint density at radius 1 is 1.35 bits per heavy atom. The molecule has 1 saturated heterocycles. The molecule has 0 aromatic heterocycles. The molecule has 2 aliphatic rings. The molecule has 108 valence electrons. The van der Waals surface area contributed by atoms with Gasteiger partial charge in [-0.2, -0.15) is 0 Å². The number of rotatable bonds is 1. The van der Waals surface area contributed by atoms with E-state index in [0.717, 1.165) is 35.1 Å². The van der Waals surface area contributed by atoms with E-state index in [0.29, 0.717) is 11.8 Å². The van der Waals surface area contributed by atoms with Crippen LogP contribution in [0.3, 0.4) is 0 Å². The van der Waals surface area contributed by atoms with Crippen molar-refractivity contribution in [2.24, 2.45) is 17.6 Å². The van der Waals surface area contributed by atoms with E-state index in [1.807, 2.05) is 30.0 Å². The lowest BCUT2D eigenvalue weighted by atomic mass is 9.78. The van der Waals surface area contributed by atoms with E-state index < -0.39 is 0 Å². The summed E-state index contributed by atoms with van der Waals surface area (Å²) in [7, 11) is 0. The maximum absolute atomic E-state index is 12.7. The second-order valence-electron chi connectivity index (χ2n) is 6.17. The summed E-state index contributed by atoms with van der Waals surface area (Å²) in [4.78, 5) is 14.7. The van der Waals surface area contributed by atoms with Crippen LogP contribution in [0.2, 0.25) is 0 Å². The number of carbonyl (C=O) groups is 1. The minimum absolute atomic E-state index is 0.141. The number of nitrogens with two attached hydrogens (primary N) is 1. The van der Waals surface area contributed by atoms with Crippen LogP contribution in [0.15, 0.2) is 22.7 Å². The second kappa shape index (κ2) is 5.49. The lowest BCUT2D eigenvalue weighted by Gasteiger charge is -2.29. The monoisotopic (exact) mass is 336 g/mol. The minimum atomic E-state index is 0.141. The summed E-state index contributed by atoms with van der Waals surface area (Å²) in [5.74, 6) is 1.24. The molecule has 1 aromatic carbocycles. The molecule has 1 heterocycles. The van der Waals surface area contributed by atoms with Gasteiger partial charge in [0.05, 0.1) is 5.56 Å². The van der Waals surface area contributed by atoms with Crippen LogP contribution in [0.5, 0.6) is 0 Å². The van der Waals surface area contributed by atoms with Crippen LogP contribution in [0.4, 0.5) is 0 Å². The molecule has 4 heteroatoms. The smallest absolute Gasteiger partial charge is 0.255 e. The van der Waals surface area contributed by atoms with Gasteiger partial charge in [-0.1, -0.05) is 18.6 Å². The largest absolute Gasteiger partial charge is 0.338 e. The van der Waals surface area contributed by atoms with Crippen molar-refractivity contribution in [2.45, 2.75) is 32.2 Å². The molecule has 1 saturated carbocycles. The van der Waals surface area contributed by atoms with Gasteiger partial charge in [-0.15, -0.1) is 0 Å². The number of aryl methyl sites for hydroxylation is 1. The standard InChI is InChI=1S/C16H21BrN2O/c1-10-4-2-6-12(15(10)17)16(20)19-8-11-5-3-7-14(18)13(11)9-19/h2,4,6,11,13-14H,3,5,7-9,18H2,1H3. The molecule has 3 unspecified atom stereocenters. The van der Waals surface area contributed by atoms with Gasteiger partial charge in [0.25, 0.3) is 5.91 Å². The Bertz CT molecular complexity index is 531. The highest BCUT2D eigenvalue weighted by atomic mass is 79.9. The van der Waals surface area contributed by atoms with Crippen molar-refractivity contribution in [3.63, 3.8) is 0 Å². The fourth-order valence-corrected chi connectivity index (χ4v) is 4.10. The Kier molecular flexibility index (Phi) is 3.87. The van der Waals surface area contributed by atoms with Gasteiger partial charge in [-0.3, -0.25) is 4.79 Å². The van der Waals surface area contributed by atoms with Crippen molar-refractivity contribution in [1.82, 2.24) is 4.90 Å². The molecule has 0 bridgehead atoms. The van der Waals surface area contributed by atoms with Crippen molar-refractivity contribution in [1.29, 1.82) is 0 Å². The molecule has 2 fully saturated rings. The molecule has 20 heavy (non-hydrogen) atoms. The number of hydrogen-bond acceptors (Lipinski definition) is 2. The van der Waals surface area contributed by atoms with Gasteiger partial charge < -0.3 is 10.6 Å². The maximum atomic E-state index is 12.7. The van der Waals surface area contributed by atoms with E-state index in [-0.39, 0.29) is 11.9 Å². The van der Waals surface area contributed by atoms with Crippen LogP contribution < -0.4 is 5.73 Å². The zero-order chi connectivity index (χ0) is 14.3. The highest BCUT2D eigenvalue weighted by molar-refractivity contribution is 9.10. The van der Waals surface area contributed by atoms with Crippen LogP contribution in [0.1, 0.15) is 35.2 Å². The number of amides is 1. The Morgan fingerprint density at radius 2 is 2.15 bits per heavy atom. The fourth-order valence-electron chi connectivity index (χ4n) is 3.67. The SMILES string of the molecule is Cc1cccc(C(=O)N2CC3CCCC(N)C3C2)c1Br. The van der Waals surface area contributed by atoms with Gasteiger partial charge >= 0.3 is 0 Å². The first-order valence-corrected chi connectivity index (χ1v) is 8.17. The Morgan fingerprint density at radius 3 is 2.90 bits per heavy atom. The predicted molar refractivity (Wildman–Crippen MR) is 83.6 cm³/mol. The number of nitrogens with zero attached hydrogens (tertiary/aromatic N) is 1. The van der Waals surface area contributed by atoms with E-state index >= 15 is 0 Å². The van der Waals surface area contributed by atoms with Crippen molar-refractivity contribution < 1.29 is 4.79 Å². The number of likely N-dealkylation sites (tertiary alicyclic amines) is 1. The summed E-state index contributed by atoms with van der Waals surface area (Å²) in [6.07, 6.45) is 3.53. The molecule has 1 amide bonds. The summed E-state index contributed by atoms with van der Waals surface area (Å²) < 4.78 is 0.921. The number of benzene rings is 1. The summed E-state index contributed by atoms with van der Waals surface area (Å²) in [6.45, 7) is 3.71. The number of carbonyl (C=O) groups excluding carboxylic acids is 1. The maximum Gasteiger partial charge on any atom is 0.255 e. The van der Waals surface area contributed by atoms with Gasteiger partial charge in [0.2, 0.25) is 0 Å². The van der Waals surface area contributed by atoms with Crippen molar-refractivity contribution in [3.8, 4) is 0 Å². The molecular formula is C16H21BrN2O. The molecule has 1 aliphatic carbocycles. The summed E-state index contributed by atoms with van der Waals surface area (Å²) in [5.41, 5.74) is 8.10. The first-order chi connectivity index (χ1) is 9.58. The van der Waals surface area contributed by atoms with Gasteiger partial charge in [0.1, 0.15) is 0 Å². The molecule has 1 aliphatic heterocycles. The Hall–Kier alpha value is -0.870. The lowest BCUT2D eigenvalue weighted by molar-refractivity contribution is 0.0782. The van der Waals surface area contributed by atoms with Crippen molar-refractivity contribution in [3.05, 3.63) is 33.8 Å². The van der Waals surface area contributed by atoms with E-state index in [1.54, 1.807) is 0 Å². The van der Waals surface area contributed by atoms with Crippen LogP contribution >= 0.6 is 15.9 Å². The van der Waals surface area contributed by atoms with E-state index in [4.69, 9.17) is 5.73 Å². The van der Waals surface area contributed by atoms with Crippen LogP contribution in [0.25, 0.3) is 0 Å². The van der Waals surface area contributed by atoms with Crippen LogP contribution in [0, 0.1) is 18.8 Å². The number of hydrogen-bond donors (Lipinski definition) is 1. The molecular weight excluding hydrogens is 316 g/mol. The normalized spacial score (nSPS) is 29.4. The van der Waals surface area contributed by atoms with Gasteiger partial charge in [0, 0.05) is 23.6 Å². The zero-order valence-corrected chi connectivity index (χ0v) is 13.4. The molecule has 3 rings (SSSR count). The molecule has 3 atom stereocenters. The molecule has 0 radical (unpaired) electrons. The first-order valence-electron chi connectivity index (χ1n) is 7.38. The van der Waals surface area contributed by atoms with E-state index in [2.05, 4.69) is 15.9 Å². The fraction of sp³-hybridized carbons (Fsp3) is 0.562. The Labute approximate surface area is 128 Å².